The molecule has 196 valence electrons. The third-order valence-corrected chi connectivity index (χ3v) is 8.07. The number of nitrogens with zero attached hydrogens (tertiary/aromatic N) is 1. The highest BCUT2D eigenvalue weighted by Crippen LogP contribution is 2.47. The van der Waals surface area contributed by atoms with Gasteiger partial charge in [0.25, 0.3) is 5.91 Å². The molecule has 1 saturated heterocycles. The largest absolute Gasteiger partial charge is 0.446 e. The van der Waals surface area contributed by atoms with Gasteiger partial charge in [0.05, 0.1) is 32.7 Å². The molecule has 3 aromatic rings. The Bertz CT molecular complexity index is 1310. The molecule has 4 rings (SSSR count). The van der Waals surface area contributed by atoms with Gasteiger partial charge in [0.1, 0.15) is 6.17 Å². The molecule has 1 amide bonds. The highest BCUT2D eigenvalue weighted by atomic mass is 32.2. The summed E-state index contributed by atoms with van der Waals surface area (Å²) in [6.07, 6.45) is -0.472. The van der Waals surface area contributed by atoms with Gasteiger partial charge in [-0.2, -0.15) is 13.2 Å². The van der Waals surface area contributed by atoms with E-state index in [4.69, 9.17) is 0 Å². The van der Waals surface area contributed by atoms with Crippen LogP contribution >= 0.6 is 23.1 Å². The second kappa shape index (κ2) is 11.6. The van der Waals surface area contributed by atoms with E-state index < -0.39 is 17.7 Å². The summed E-state index contributed by atoms with van der Waals surface area (Å²) in [5, 5.41) is 9.31. The number of alkyl halides is 4. The first-order chi connectivity index (χ1) is 17.6. The van der Waals surface area contributed by atoms with Gasteiger partial charge in [0.15, 0.2) is 0 Å². The number of thioether (sulfide) groups is 1. The zero-order valence-corrected chi connectivity index (χ0v) is 21.8. The molecule has 0 saturated carbocycles. The Morgan fingerprint density at radius 3 is 2.65 bits per heavy atom. The van der Waals surface area contributed by atoms with E-state index in [1.165, 1.54) is 11.3 Å². The molecule has 2 heterocycles. The van der Waals surface area contributed by atoms with E-state index >= 15 is 0 Å². The predicted molar refractivity (Wildman–Crippen MR) is 143 cm³/mol. The van der Waals surface area contributed by atoms with Crippen molar-refractivity contribution in [2.45, 2.75) is 29.0 Å². The molecule has 1 fully saturated rings. The Kier molecular flexibility index (Phi) is 8.52. The first kappa shape index (κ1) is 27.1. The maximum absolute atomic E-state index is 14.6. The maximum atomic E-state index is 14.6. The molecule has 2 atom stereocenters. The van der Waals surface area contributed by atoms with Gasteiger partial charge in [-0.3, -0.25) is 4.79 Å². The normalized spacial score (nSPS) is 18.2. The lowest BCUT2D eigenvalue weighted by Gasteiger charge is -2.33. The standard InChI is InChI=1S/C26H26F4N4OS2/c1-31-25(35)16-8-10-17(11-9-16)32-13-4-7-22-24(37-26(28,29)30)18-5-3-6-21(23(18)36-22)33-20-12-14-34(2)15-19(20)27/h3,5-6,8-11,19-20,32-33H,12-15H2,1-2H3,(H,31,35). The van der Waals surface area contributed by atoms with Crippen LogP contribution in [0.2, 0.25) is 0 Å². The van der Waals surface area contributed by atoms with Gasteiger partial charge in [-0.1, -0.05) is 24.0 Å². The summed E-state index contributed by atoms with van der Waals surface area (Å²) in [6.45, 7) is 1.26. The number of nitrogens with one attached hydrogen (secondary N) is 3. The monoisotopic (exact) mass is 550 g/mol. The summed E-state index contributed by atoms with van der Waals surface area (Å²) in [6, 6.07) is 11.5. The fourth-order valence-corrected chi connectivity index (χ4v) is 6.10. The number of carbonyl (C=O) groups excluding carboxylic acids is 1. The van der Waals surface area contributed by atoms with Gasteiger partial charge < -0.3 is 20.9 Å². The van der Waals surface area contributed by atoms with Crippen LogP contribution in [0.5, 0.6) is 0 Å². The van der Waals surface area contributed by atoms with Crippen molar-refractivity contribution < 1.29 is 22.4 Å². The van der Waals surface area contributed by atoms with E-state index in [2.05, 4.69) is 27.8 Å². The van der Waals surface area contributed by atoms with Crippen LogP contribution in [-0.2, 0) is 0 Å². The van der Waals surface area contributed by atoms with Crippen molar-refractivity contribution in [3.05, 3.63) is 52.9 Å². The summed E-state index contributed by atoms with van der Waals surface area (Å²) >= 11 is 0.995. The number of benzene rings is 2. The van der Waals surface area contributed by atoms with Gasteiger partial charge in [-0.25, -0.2) is 4.39 Å². The fourth-order valence-electron chi connectivity index (χ4n) is 4.08. The average Bonchev–Trinajstić information content (AvgIpc) is 3.20. The second-order valence-corrected chi connectivity index (χ2v) is 10.7. The van der Waals surface area contributed by atoms with Crippen LogP contribution in [0.1, 0.15) is 21.7 Å². The van der Waals surface area contributed by atoms with Crippen molar-refractivity contribution in [3.8, 4) is 11.8 Å². The van der Waals surface area contributed by atoms with Crippen LogP contribution in [0.25, 0.3) is 10.1 Å². The number of amides is 1. The number of halogens is 4. The summed E-state index contributed by atoms with van der Waals surface area (Å²) in [5.74, 6) is 5.60. The molecule has 0 radical (unpaired) electrons. The maximum Gasteiger partial charge on any atom is 0.446 e. The molecule has 1 aromatic heterocycles. The van der Waals surface area contributed by atoms with E-state index in [9.17, 15) is 22.4 Å². The van der Waals surface area contributed by atoms with Crippen molar-refractivity contribution >= 4 is 50.5 Å². The Labute approximate surface area is 221 Å². The number of likely N-dealkylation sites (tertiary alicyclic amines) is 1. The lowest BCUT2D eigenvalue weighted by Crippen LogP contribution is -2.46. The summed E-state index contributed by atoms with van der Waals surface area (Å²) < 4.78 is 55.5. The Morgan fingerprint density at radius 2 is 1.97 bits per heavy atom. The van der Waals surface area contributed by atoms with E-state index in [0.29, 0.717) is 39.2 Å². The summed E-state index contributed by atoms with van der Waals surface area (Å²) in [7, 11) is 3.41. The van der Waals surface area contributed by atoms with Gasteiger partial charge in [0.2, 0.25) is 0 Å². The van der Waals surface area contributed by atoms with E-state index in [1.54, 1.807) is 49.5 Å². The number of anilines is 2. The number of piperidine rings is 1. The highest BCUT2D eigenvalue weighted by molar-refractivity contribution is 8.00. The minimum absolute atomic E-state index is 0.0544. The first-order valence-electron chi connectivity index (χ1n) is 11.6. The third-order valence-electron chi connectivity index (χ3n) is 5.93. The van der Waals surface area contributed by atoms with Gasteiger partial charge in [-0.05, 0) is 55.6 Å². The van der Waals surface area contributed by atoms with Crippen molar-refractivity contribution in [2.75, 3.05) is 44.4 Å². The first-order valence-corrected chi connectivity index (χ1v) is 13.2. The number of thiophene rings is 1. The smallest absolute Gasteiger partial charge is 0.378 e. The molecule has 0 spiro atoms. The number of fused-ring (bicyclic) bond motifs is 1. The zero-order valence-electron chi connectivity index (χ0n) is 20.2. The van der Waals surface area contributed by atoms with E-state index in [-0.39, 0.29) is 29.1 Å². The molecule has 5 nitrogen and oxygen atoms in total. The quantitative estimate of drug-likeness (QED) is 0.206. The van der Waals surface area contributed by atoms with E-state index in [1.807, 2.05) is 11.9 Å². The van der Waals surface area contributed by atoms with Crippen molar-refractivity contribution in [1.82, 2.24) is 10.2 Å². The van der Waals surface area contributed by atoms with Crippen molar-refractivity contribution in [2.24, 2.45) is 0 Å². The zero-order chi connectivity index (χ0) is 26.6. The third kappa shape index (κ3) is 6.89. The molecule has 2 unspecified atom stereocenters. The minimum atomic E-state index is -4.48. The van der Waals surface area contributed by atoms with E-state index in [0.717, 1.165) is 12.2 Å². The van der Waals surface area contributed by atoms with Crippen LogP contribution < -0.4 is 16.0 Å². The van der Waals surface area contributed by atoms with Gasteiger partial charge in [-0.15, -0.1) is 11.3 Å². The molecule has 3 N–H and O–H groups in total. The summed E-state index contributed by atoms with van der Waals surface area (Å²) in [4.78, 5) is 13.9. The molecule has 1 aliphatic heterocycles. The molecule has 1 aliphatic rings. The van der Waals surface area contributed by atoms with Crippen LogP contribution in [-0.4, -0.2) is 62.3 Å². The Balaban J connectivity index is 1.56. The van der Waals surface area contributed by atoms with Crippen LogP contribution in [0, 0.1) is 11.8 Å². The fraction of sp³-hybridized carbons (Fsp3) is 0.346. The topological polar surface area (TPSA) is 56.4 Å². The van der Waals surface area contributed by atoms with Crippen molar-refractivity contribution in [3.63, 3.8) is 0 Å². The molecule has 11 heteroatoms. The molecular weight excluding hydrogens is 524 g/mol. The van der Waals surface area contributed by atoms with Crippen LogP contribution in [0.4, 0.5) is 28.9 Å². The molecule has 0 bridgehead atoms. The summed E-state index contributed by atoms with van der Waals surface area (Å²) in [5.41, 5.74) is -2.61. The molecular formula is C26H26F4N4OS2. The SMILES string of the molecule is CNC(=O)c1ccc(NCC#Cc2sc3c(NC4CCN(C)CC4F)cccc3c2SC(F)(F)F)cc1. The van der Waals surface area contributed by atoms with Gasteiger partial charge in [0, 0.05) is 36.8 Å². The number of hydrogen-bond donors (Lipinski definition) is 3. The molecule has 37 heavy (non-hydrogen) atoms. The highest BCUT2D eigenvalue weighted by Gasteiger charge is 2.33. The molecule has 0 aliphatic carbocycles. The second-order valence-electron chi connectivity index (χ2n) is 8.62. The average molecular weight is 551 g/mol. The number of rotatable bonds is 6. The van der Waals surface area contributed by atoms with Crippen LogP contribution in [0.15, 0.2) is 47.4 Å². The number of hydrogen-bond acceptors (Lipinski definition) is 6. The van der Waals surface area contributed by atoms with Gasteiger partial charge >= 0.3 is 5.51 Å². The minimum Gasteiger partial charge on any atom is -0.378 e. The Morgan fingerprint density at radius 1 is 1.22 bits per heavy atom. The molecule has 2 aromatic carbocycles. The van der Waals surface area contributed by atoms with Crippen LogP contribution in [0.3, 0.4) is 0 Å². The van der Waals surface area contributed by atoms with Crippen molar-refractivity contribution in [1.29, 1.82) is 0 Å². The lowest BCUT2D eigenvalue weighted by atomic mass is 10.0. The lowest BCUT2D eigenvalue weighted by molar-refractivity contribution is -0.0327. The Hall–Kier alpha value is -2.94. The number of carbonyl (C=O) groups is 1. The predicted octanol–water partition coefficient (Wildman–Crippen LogP) is 5.79.